The first-order valence-corrected chi connectivity index (χ1v) is 8.86. The second kappa shape index (κ2) is 6.27. The van der Waals surface area contributed by atoms with E-state index in [1.54, 1.807) is 16.2 Å². The number of carbonyl (C=O) groups is 1. The highest BCUT2D eigenvalue weighted by Gasteiger charge is 2.47. The number of aromatic nitrogens is 2. The minimum atomic E-state index is -0.290. The Labute approximate surface area is 143 Å². The maximum absolute atomic E-state index is 12.4. The largest absolute Gasteiger partial charge is 0.451 e. The third-order valence-corrected chi connectivity index (χ3v) is 5.39. The molecule has 1 amide bonds. The van der Waals surface area contributed by atoms with Gasteiger partial charge in [-0.1, -0.05) is 0 Å². The SMILES string of the molecule is Cc1nc(CO[C@@H]2CO[C@@]3(CCN(C(=O)c4cocn4)C3)C2)cs1. The maximum Gasteiger partial charge on any atom is 0.275 e. The lowest BCUT2D eigenvalue weighted by molar-refractivity contribution is -0.0000878. The Morgan fingerprint density at radius 2 is 2.50 bits per heavy atom. The van der Waals surface area contributed by atoms with Crippen LogP contribution >= 0.6 is 11.3 Å². The molecule has 0 aromatic carbocycles. The zero-order valence-corrected chi connectivity index (χ0v) is 14.3. The van der Waals surface area contributed by atoms with Gasteiger partial charge in [0.05, 0.1) is 42.2 Å². The van der Waals surface area contributed by atoms with Gasteiger partial charge in [0.2, 0.25) is 0 Å². The molecule has 1 spiro atoms. The minimum absolute atomic E-state index is 0.0501. The van der Waals surface area contributed by atoms with E-state index in [2.05, 4.69) is 9.97 Å². The molecule has 0 radical (unpaired) electrons. The predicted molar refractivity (Wildman–Crippen MR) is 85.8 cm³/mol. The van der Waals surface area contributed by atoms with E-state index in [9.17, 15) is 4.79 Å². The summed E-state index contributed by atoms with van der Waals surface area (Å²) in [4.78, 5) is 22.5. The van der Waals surface area contributed by atoms with Gasteiger partial charge in [-0.2, -0.15) is 0 Å². The fourth-order valence-electron chi connectivity index (χ4n) is 3.37. The first kappa shape index (κ1) is 15.7. The number of oxazole rings is 1. The Morgan fingerprint density at radius 1 is 1.58 bits per heavy atom. The van der Waals surface area contributed by atoms with E-state index >= 15 is 0 Å². The summed E-state index contributed by atoms with van der Waals surface area (Å²) < 4.78 is 16.9. The van der Waals surface area contributed by atoms with Crippen molar-refractivity contribution in [3.63, 3.8) is 0 Å². The molecule has 2 atom stereocenters. The molecule has 7 nitrogen and oxygen atoms in total. The predicted octanol–water partition coefficient (Wildman–Crippen LogP) is 2.03. The van der Waals surface area contributed by atoms with Crippen molar-refractivity contribution < 1.29 is 18.7 Å². The van der Waals surface area contributed by atoms with Crippen LogP contribution in [0.4, 0.5) is 0 Å². The van der Waals surface area contributed by atoms with Gasteiger partial charge < -0.3 is 18.8 Å². The van der Waals surface area contributed by atoms with Crippen molar-refractivity contribution in [3.05, 3.63) is 34.4 Å². The number of ether oxygens (including phenoxy) is 2. The van der Waals surface area contributed by atoms with Crippen LogP contribution in [0.3, 0.4) is 0 Å². The molecule has 4 rings (SSSR count). The molecule has 2 aromatic heterocycles. The molecule has 2 aliphatic rings. The smallest absolute Gasteiger partial charge is 0.275 e. The highest BCUT2D eigenvalue weighted by molar-refractivity contribution is 7.09. The van der Waals surface area contributed by atoms with E-state index in [0.717, 1.165) is 23.5 Å². The molecule has 0 saturated carbocycles. The maximum atomic E-state index is 12.4. The van der Waals surface area contributed by atoms with Gasteiger partial charge >= 0.3 is 0 Å². The standard InChI is InChI=1S/C16H19N3O4S/c1-11-18-12(8-24-11)5-22-13-4-16(23-6-13)2-3-19(9-16)15(20)14-7-21-10-17-14/h7-8,10,13H,2-6,9H2,1H3/t13-,16-/m0/s1. The van der Waals surface area contributed by atoms with Crippen LogP contribution in [0.15, 0.2) is 22.5 Å². The van der Waals surface area contributed by atoms with Crippen LogP contribution in [0.25, 0.3) is 0 Å². The van der Waals surface area contributed by atoms with E-state index < -0.39 is 0 Å². The van der Waals surface area contributed by atoms with E-state index in [1.165, 1.54) is 12.7 Å². The van der Waals surface area contributed by atoms with Gasteiger partial charge in [0.1, 0.15) is 6.26 Å². The Balaban J connectivity index is 1.32. The Hall–Kier alpha value is -1.77. The molecule has 2 fully saturated rings. The summed E-state index contributed by atoms with van der Waals surface area (Å²) in [5, 5.41) is 3.07. The molecular formula is C16H19N3O4S. The molecule has 128 valence electrons. The zero-order chi connectivity index (χ0) is 16.6. The van der Waals surface area contributed by atoms with Gasteiger partial charge in [-0.05, 0) is 13.3 Å². The summed E-state index contributed by atoms with van der Waals surface area (Å²) >= 11 is 1.63. The summed E-state index contributed by atoms with van der Waals surface area (Å²) in [5.41, 5.74) is 1.02. The minimum Gasteiger partial charge on any atom is -0.451 e. The van der Waals surface area contributed by atoms with Crippen LogP contribution in [-0.2, 0) is 16.1 Å². The molecule has 0 unspecified atom stereocenters. The number of rotatable bonds is 4. The number of aryl methyl sites for hydroxylation is 1. The van der Waals surface area contributed by atoms with Gasteiger partial charge in [0.15, 0.2) is 12.1 Å². The van der Waals surface area contributed by atoms with Crippen LogP contribution in [0.5, 0.6) is 0 Å². The highest BCUT2D eigenvalue weighted by Crippen LogP contribution is 2.36. The van der Waals surface area contributed by atoms with E-state index in [4.69, 9.17) is 13.9 Å². The lowest BCUT2D eigenvalue weighted by Crippen LogP contribution is -2.36. The first-order valence-electron chi connectivity index (χ1n) is 7.98. The number of nitrogens with zero attached hydrogens (tertiary/aromatic N) is 3. The summed E-state index contributed by atoms with van der Waals surface area (Å²) in [6.45, 7) is 4.31. The lowest BCUT2D eigenvalue weighted by atomic mass is 9.98. The van der Waals surface area contributed by atoms with Gasteiger partial charge in [0.25, 0.3) is 5.91 Å². The van der Waals surface area contributed by atoms with E-state index in [0.29, 0.717) is 32.0 Å². The van der Waals surface area contributed by atoms with Crippen LogP contribution in [-0.4, -0.2) is 52.2 Å². The van der Waals surface area contributed by atoms with Gasteiger partial charge in [-0.25, -0.2) is 9.97 Å². The molecule has 24 heavy (non-hydrogen) atoms. The van der Waals surface area contributed by atoms with Crippen molar-refractivity contribution in [2.75, 3.05) is 19.7 Å². The van der Waals surface area contributed by atoms with Crippen LogP contribution < -0.4 is 0 Å². The lowest BCUT2D eigenvalue weighted by Gasteiger charge is -2.22. The number of likely N-dealkylation sites (tertiary alicyclic amines) is 1. The first-order chi connectivity index (χ1) is 11.6. The van der Waals surface area contributed by atoms with Crippen molar-refractivity contribution in [2.24, 2.45) is 0 Å². The number of thiazole rings is 1. The molecule has 2 aliphatic heterocycles. The van der Waals surface area contributed by atoms with E-state index in [-0.39, 0.29) is 17.6 Å². The van der Waals surface area contributed by atoms with Crippen molar-refractivity contribution in [2.45, 2.75) is 38.1 Å². The van der Waals surface area contributed by atoms with Gasteiger partial charge in [0, 0.05) is 18.3 Å². The monoisotopic (exact) mass is 349 g/mol. The van der Waals surface area contributed by atoms with Crippen molar-refractivity contribution in [3.8, 4) is 0 Å². The molecule has 0 aliphatic carbocycles. The molecule has 0 N–H and O–H groups in total. The van der Waals surface area contributed by atoms with Gasteiger partial charge in [-0.3, -0.25) is 4.79 Å². The van der Waals surface area contributed by atoms with Crippen molar-refractivity contribution in [1.82, 2.24) is 14.9 Å². The number of hydrogen-bond acceptors (Lipinski definition) is 7. The number of amides is 1. The quantitative estimate of drug-likeness (QED) is 0.840. The van der Waals surface area contributed by atoms with Crippen molar-refractivity contribution >= 4 is 17.2 Å². The van der Waals surface area contributed by atoms with E-state index in [1.807, 2.05) is 12.3 Å². The Kier molecular flexibility index (Phi) is 4.11. The summed E-state index contributed by atoms with van der Waals surface area (Å²) in [7, 11) is 0. The van der Waals surface area contributed by atoms with Crippen LogP contribution in [0.1, 0.15) is 34.0 Å². The highest BCUT2D eigenvalue weighted by atomic mass is 32.1. The number of carbonyl (C=O) groups excluding carboxylic acids is 1. The van der Waals surface area contributed by atoms with Crippen LogP contribution in [0.2, 0.25) is 0 Å². The summed E-state index contributed by atoms with van der Waals surface area (Å²) in [6.07, 6.45) is 4.33. The third kappa shape index (κ3) is 3.09. The molecule has 2 aromatic rings. The summed E-state index contributed by atoms with van der Waals surface area (Å²) in [5.74, 6) is -0.105. The molecular weight excluding hydrogens is 330 g/mol. The Morgan fingerprint density at radius 3 is 3.25 bits per heavy atom. The third-order valence-electron chi connectivity index (χ3n) is 4.56. The molecule has 4 heterocycles. The number of hydrogen-bond donors (Lipinski definition) is 0. The van der Waals surface area contributed by atoms with Crippen molar-refractivity contribution in [1.29, 1.82) is 0 Å². The second-order valence-electron chi connectivity index (χ2n) is 6.34. The average Bonchev–Trinajstić information content (AvgIpc) is 3.34. The zero-order valence-electron chi connectivity index (χ0n) is 13.4. The molecule has 2 saturated heterocycles. The average molecular weight is 349 g/mol. The summed E-state index contributed by atoms with van der Waals surface area (Å²) in [6, 6.07) is 0. The fourth-order valence-corrected chi connectivity index (χ4v) is 3.97. The molecule has 0 bridgehead atoms. The second-order valence-corrected chi connectivity index (χ2v) is 7.40. The fraction of sp³-hybridized carbons (Fsp3) is 0.562. The molecule has 8 heteroatoms. The van der Waals surface area contributed by atoms with Crippen LogP contribution in [0, 0.1) is 6.92 Å². The normalized spacial score (nSPS) is 26.5. The van der Waals surface area contributed by atoms with Gasteiger partial charge in [-0.15, -0.1) is 11.3 Å². The topological polar surface area (TPSA) is 77.7 Å². The Bertz CT molecular complexity index is 717.